The lowest BCUT2D eigenvalue weighted by atomic mass is 10.1. The molecule has 0 radical (unpaired) electrons. The van der Waals surface area contributed by atoms with E-state index in [1.54, 1.807) is 25.2 Å². The van der Waals surface area contributed by atoms with Crippen LogP contribution in [0.4, 0.5) is 4.39 Å². The molecular weight excluding hydrogens is 393 g/mol. The average Bonchev–Trinajstić information content (AvgIpc) is 3.38. The molecule has 0 aliphatic heterocycles. The van der Waals surface area contributed by atoms with E-state index in [0.29, 0.717) is 16.5 Å². The Labute approximate surface area is 174 Å². The fourth-order valence-corrected chi connectivity index (χ4v) is 3.81. The predicted molar refractivity (Wildman–Crippen MR) is 110 cm³/mol. The number of thioether (sulfide) groups is 1. The van der Waals surface area contributed by atoms with Crippen LogP contribution in [0.25, 0.3) is 11.4 Å². The van der Waals surface area contributed by atoms with Crippen molar-refractivity contribution in [2.45, 2.75) is 50.4 Å². The summed E-state index contributed by atoms with van der Waals surface area (Å²) in [5, 5.41) is 11.8. The molecule has 1 heterocycles. The molecule has 0 unspecified atom stereocenters. The lowest BCUT2D eigenvalue weighted by Gasteiger charge is -2.23. The first kappa shape index (κ1) is 21.3. The highest BCUT2D eigenvalue weighted by Gasteiger charge is 2.31. The molecule has 1 aromatic carbocycles. The third-order valence-electron chi connectivity index (χ3n) is 4.34. The van der Waals surface area contributed by atoms with Gasteiger partial charge in [0.25, 0.3) is 0 Å². The molecule has 2 amide bonds. The molecule has 1 fully saturated rings. The van der Waals surface area contributed by atoms with Crippen molar-refractivity contribution in [2.75, 3.05) is 19.3 Å². The third kappa shape index (κ3) is 5.56. The average molecular weight is 420 g/mol. The summed E-state index contributed by atoms with van der Waals surface area (Å²) < 4.78 is 16.1. The number of aromatic nitrogens is 3. The van der Waals surface area contributed by atoms with Gasteiger partial charge < -0.3 is 10.2 Å². The Hall–Kier alpha value is -2.42. The summed E-state index contributed by atoms with van der Waals surface area (Å²) in [7, 11) is 1.60. The molecule has 2 aromatic rings. The Morgan fingerprint density at radius 3 is 2.59 bits per heavy atom. The molecule has 1 aromatic heterocycles. The van der Waals surface area contributed by atoms with Crippen molar-refractivity contribution in [1.82, 2.24) is 25.0 Å². The molecule has 9 heteroatoms. The van der Waals surface area contributed by atoms with E-state index < -0.39 is 0 Å². The first-order valence-electron chi connectivity index (χ1n) is 9.53. The van der Waals surface area contributed by atoms with Gasteiger partial charge in [0.05, 0.1) is 17.9 Å². The number of carbonyl (C=O) groups excluding carboxylic acids is 2. The highest BCUT2D eigenvalue weighted by molar-refractivity contribution is 7.99. The molecular formula is C20H26FN5O2S. The quantitative estimate of drug-likeness (QED) is 0.698. The second kappa shape index (κ2) is 8.52. The first-order valence-corrected chi connectivity index (χ1v) is 10.5. The molecule has 1 N–H and O–H groups in total. The van der Waals surface area contributed by atoms with E-state index in [1.807, 2.05) is 25.3 Å². The van der Waals surface area contributed by atoms with Crippen molar-refractivity contribution in [2.24, 2.45) is 0 Å². The molecule has 0 bridgehead atoms. The van der Waals surface area contributed by atoms with Crippen LogP contribution >= 0.6 is 11.8 Å². The van der Waals surface area contributed by atoms with Crippen LogP contribution in [0.1, 0.15) is 39.7 Å². The van der Waals surface area contributed by atoms with Crippen molar-refractivity contribution >= 4 is 23.6 Å². The summed E-state index contributed by atoms with van der Waals surface area (Å²) >= 11 is 1.26. The fraction of sp³-hybridized carbons (Fsp3) is 0.500. The van der Waals surface area contributed by atoms with Crippen LogP contribution in [0.2, 0.25) is 0 Å². The molecule has 1 saturated carbocycles. The van der Waals surface area contributed by atoms with Gasteiger partial charge in [-0.2, -0.15) is 0 Å². The Bertz CT molecular complexity index is 905. The monoisotopic (exact) mass is 419 g/mol. The van der Waals surface area contributed by atoms with Crippen LogP contribution in [0, 0.1) is 5.82 Å². The zero-order valence-corrected chi connectivity index (χ0v) is 17.9. The van der Waals surface area contributed by atoms with E-state index in [0.717, 1.165) is 12.8 Å². The van der Waals surface area contributed by atoms with Crippen LogP contribution in [0.3, 0.4) is 0 Å². The van der Waals surface area contributed by atoms with Crippen LogP contribution in [0.5, 0.6) is 0 Å². The summed E-state index contributed by atoms with van der Waals surface area (Å²) in [6, 6.07) is 6.70. The summed E-state index contributed by atoms with van der Waals surface area (Å²) in [5.74, 6) is -0.128. The molecule has 1 aliphatic carbocycles. The van der Waals surface area contributed by atoms with Crippen molar-refractivity contribution in [1.29, 1.82) is 0 Å². The lowest BCUT2D eigenvalue weighted by Crippen LogP contribution is -2.46. The van der Waals surface area contributed by atoms with Gasteiger partial charge in [0.1, 0.15) is 5.82 Å². The predicted octanol–water partition coefficient (Wildman–Crippen LogP) is 2.88. The molecule has 0 spiro atoms. The standard InChI is InChI=1S/C20H26FN5O2S/c1-20(2,3)22-16(27)11-25(4)17(28)12-29-19-24-23-18(26(19)13-9-10-13)14-7-5-6-8-15(14)21/h5-8,13H,9-12H2,1-4H3,(H,22,27). The van der Waals surface area contributed by atoms with Crippen LogP contribution in [-0.2, 0) is 9.59 Å². The number of amides is 2. The minimum atomic E-state index is -0.348. The number of hydrogen-bond donors (Lipinski definition) is 1. The maximum Gasteiger partial charge on any atom is 0.240 e. The Morgan fingerprint density at radius 1 is 1.28 bits per heavy atom. The molecule has 0 saturated heterocycles. The van der Waals surface area contributed by atoms with E-state index in [9.17, 15) is 14.0 Å². The van der Waals surface area contributed by atoms with E-state index >= 15 is 0 Å². The van der Waals surface area contributed by atoms with Crippen molar-refractivity contribution in [3.8, 4) is 11.4 Å². The summed E-state index contributed by atoms with van der Waals surface area (Å²) in [4.78, 5) is 25.9. The second-order valence-corrected chi connectivity index (χ2v) is 9.17. The lowest BCUT2D eigenvalue weighted by molar-refractivity contribution is -0.133. The molecule has 1 aliphatic rings. The largest absolute Gasteiger partial charge is 0.350 e. The molecule has 3 rings (SSSR count). The number of hydrogen-bond acceptors (Lipinski definition) is 5. The van der Waals surface area contributed by atoms with E-state index in [2.05, 4.69) is 15.5 Å². The minimum Gasteiger partial charge on any atom is -0.350 e. The Morgan fingerprint density at radius 2 is 1.97 bits per heavy atom. The fourth-order valence-electron chi connectivity index (χ4n) is 2.86. The van der Waals surface area contributed by atoms with Crippen molar-refractivity contribution in [3.05, 3.63) is 30.1 Å². The smallest absolute Gasteiger partial charge is 0.240 e. The van der Waals surface area contributed by atoms with Crippen molar-refractivity contribution < 1.29 is 14.0 Å². The minimum absolute atomic E-state index is 0.00748. The molecule has 0 atom stereocenters. The number of likely N-dealkylation sites (N-methyl/N-ethyl adjacent to an activating group) is 1. The highest BCUT2D eigenvalue weighted by Crippen LogP contribution is 2.41. The normalized spacial score (nSPS) is 14.0. The van der Waals surface area contributed by atoms with E-state index in [1.165, 1.54) is 22.7 Å². The highest BCUT2D eigenvalue weighted by atomic mass is 32.2. The number of rotatable bonds is 7. The van der Waals surface area contributed by atoms with Crippen LogP contribution < -0.4 is 5.32 Å². The maximum atomic E-state index is 14.2. The van der Waals surface area contributed by atoms with Gasteiger partial charge in [-0.3, -0.25) is 14.2 Å². The number of halogens is 1. The van der Waals surface area contributed by atoms with E-state index in [-0.39, 0.29) is 41.5 Å². The first-order chi connectivity index (χ1) is 13.7. The van der Waals surface area contributed by atoms with Crippen LogP contribution in [-0.4, -0.2) is 56.4 Å². The zero-order chi connectivity index (χ0) is 21.2. The third-order valence-corrected chi connectivity index (χ3v) is 5.26. The number of nitrogens with zero attached hydrogens (tertiary/aromatic N) is 4. The molecule has 7 nitrogen and oxygen atoms in total. The summed E-state index contributed by atoms with van der Waals surface area (Å²) in [6.07, 6.45) is 1.96. The van der Waals surface area contributed by atoms with Gasteiger partial charge in [0.2, 0.25) is 11.8 Å². The Kier molecular flexibility index (Phi) is 6.26. The van der Waals surface area contributed by atoms with Crippen LogP contribution in [0.15, 0.2) is 29.4 Å². The maximum absolute atomic E-state index is 14.2. The summed E-state index contributed by atoms with van der Waals surface area (Å²) in [5.41, 5.74) is 0.0560. The zero-order valence-electron chi connectivity index (χ0n) is 17.1. The number of carbonyl (C=O) groups is 2. The van der Waals surface area contributed by atoms with Gasteiger partial charge in [0.15, 0.2) is 11.0 Å². The Balaban J connectivity index is 1.66. The second-order valence-electron chi connectivity index (χ2n) is 8.22. The van der Waals surface area contributed by atoms with E-state index in [4.69, 9.17) is 0 Å². The van der Waals surface area contributed by atoms with Gasteiger partial charge in [-0.25, -0.2) is 4.39 Å². The van der Waals surface area contributed by atoms with Gasteiger partial charge in [-0.05, 0) is 45.7 Å². The molecule has 29 heavy (non-hydrogen) atoms. The van der Waals surface area contributed by atoms with Gasteiger partial charge in [0, 0.05) is 18.6 Å². The van der Waals surface area contributed by atoms with Gasteiger partial charge in [-0.1, -0.05) is 23.9 Å². The number of benzene rings is 1. The SMILES string of the molecule is CN(CC(=O)NC(C)(C)C)C(=O)CSc1nnc(-c2ccccc2F)n1C1CC1. The molecule has 156 valence electrons. The van der Waals surface area contributed by atoms with Gasteiger partial charge in [-0.15, -0.1) is 10.2 Å². The van der Waals surface area contributed by atoms with Crippen molar-refractivity contribution in [3.63, 3.8) is 0 Å². The van der Waals surface area contributed by atoms with Gasteiger partial charge >= 0.3 is 0 Å². The summed E-state index contributed by atoms with van der Waals surface area (Å²) in [6.45, 7) is 5.66. The number of nitrogens with one attached hydrogen (secondary N) is 1. The topological polar surface area (TPSA) is 80.1 Å².